The summed E-state index contributed by atoms with van der Waals surface area (Å²) in [5.74, 6) is 0. The number of rotatable bonds is 6. The summed E-state index contributed by atoms with van der Waals surface area (Å²) in [7, 11) is 0. The van der Waals surface area contributed by atoms with E-state index in [9.17, 15) is 0 Å². The van der Waals surface area contributed by atoms with Gasteiger partial charge >= 0.3 is 0 Å². The maximum Gasteiger partial charge on any atom is 0.0443 e. The Morgan fingerprint density at radius 1 is 1.33 bits per heavy atom. The highest BCUT2D eigenvalue weighted by atomic mass is 16.3. The normalized spacial score (nSPS) is 18.2. The molecule has 0 aliphatic heterocycles. The average molecular weight is 171 g/mol. The van der Waals surface area contributed by atoms with Gasteiger partial charge in [0.05, 0.1) is 0 Å². The molecule has 0 amide bonds. The Labute approximate surface area is 75.6 Å². The molecule has 0 aromatic rings. The van der Waals surface area contributed by atoms with Gasteiger partial charge in [0.25, 0.3) is 0 Å². The number of nitrogens with zero attached hydrogens (tertiary/aromatic N) is 1. The van der Waals surface area contributed by atoms with Crippen molar-refractivity contribution >= 4 is 0 Å². The van der Waals surface area contributed by atoms with E-state index in [4.69, 9.17) is 5.11 Å². The minimum Gasteiger partial charge on any atom is -0.396 e. The van der Waals surface area contributed by atoms with Gasteiger partial charge in [0.2, 0.25) is 0 Å². The topological polar surface area (TPSA) is 23.5 Å². The summed E-state index contributed by atoms with van der Waals surface area (Å²) < 4.78 is 0. The maximum atomic E-state index is 8.73. The molecular weight excluding hydrogens is 150 g/mol. The molecule has 12 heavy (non-hydrogen) atoms. The lowest BCUT2D eigenvalue weighted by atomic mass is 9.91. The van der Waals surface area contributed by atoms with Gasteiger partial charge in [-0.05, 0) is 32.2 Å². The quantitative estimate of drug-likeness (QED) is 0.656. The summed E-state index contributed by atoms with van der Waals surface area (Å²) >= 11 is 0. The number of hydrogen-bond donors (Lipinski definition) is 1. The molecule has 1 saturated carbocycles. The summed E-state index contributed by atoms with van der Waals surface area (Å²) in [5, 5.41) is 8.73. The molecule has 2 nitrogen and oxygen atoms in total. The largest absolute Gasteiger partial charge is 0.396 e. The van der Waals surface area contributed by atoms with Crippen LogP contribution in [0.15, 0.2) is 0 Å². The predicted octanol–water partition coefficient (Wildman–Crippen LogP) is 1.63. The van der Waals surface area contributed by atoms with Gasteiger partial charge in [-0.3, -0.25) is 0 Å². The molecule has 0 spiro atoms. The first-order valence-electron chi connectivity index (χ1n) is 5.23. The zero-order chi connectivity index (χ0) is 8.81. The second-order valence-corrected chi connectivity index (χ2v) is 3.70. The van der Waals surface area contributed by atoms with Gasteiger partial charge in [-0.25, -0.2) is 0 Å². The van der Waals surface area contributed by atoms with E-state index in [1.165, 1.54) is 32.2 Å². The van der Waals surface area contributed by atoms with Crippen molar-refractivity contribution < 1.29 is 5.11 Å². The van der Waals surface area contributed by atoms with Crippen molar-refractivity contribution in [2.75, 3.05) is 19.7 Å². The van der Waals surface area contributed by atoms with Crippen LogP contribution in [0.3, 0.4) is 0 Å². The van der Waals surface area contributed by atoms with Gasteiger partial charge in [0, 0.05) is 19.2 Å². The van der Waals surface area contributed by atoms with E-state index >= 15 is 0 Å². The summed E-state index contributed by atoms with van der Waals surface area (Å²) in [6, 6.07) is 0.844. The zero-order valence-corrected chi connectivity index (χ0v) is 8.13. The van der Waals surface area contributed by atoms with E-state index in [0.29, 0.717) is 6.61 Å². The Balaban J connectivity index is 2.17. The van der Waals surface area contributed by atoms with Gasteiger partial charge in [-0.1, -0.05) is 13.3 Å². The number of aliphatic hydroxyl groups is 1. The van der Waals surface area contributed by atoms with Gasteiger partial charge in [0.15, 0.2) is 0 Å². The van der Waals surface area contributed by atoms with E-state index in [1.54, 1.807) is 0 Å². The fourth-order valence-electron chi connectivity index (χ4n) is 1.79. The van der Waals surface area contributed by atoms with Crippen LogP contribution in [0, 0.1) is 0 Å². The van der Waals surface area contributed by atoms with Crippen molar-refractivity contribution in [3.05, 3.63) is 0 Å². The second-order valence-electron chi connectivity index (χ2n) is 3.70. The molecule has 0 atom stereocenters. The molecule has 1 aliphatic carbocycles. The van der Waals surface area contributed by atoms with E-state index in [1.807, 2.05) is 0 Å². The SMILES string of the molecule is CCCN(CCCO)C1CCC1. The third-order valence-electron chi connectivity index (χ3n) is 2.71. The summed E-state index contributed by atoms with van der Waals surface area (Å²) in [6.45, 7) is 4.87. The van der Waals surface area contributed by atoms with E-state index in [-0.39, 0.29) is 0 Å². The molecule has 0 unspecified atom stereocenters. The second kappa shape index (κ2) is 5.55. The lowest BCUT2D eigenvalue weighted by molar-refractivity contribution is 0.117. The Morgan fingerprint density at radius 3 is 2.50 bits per heavy atom. The van der Waals surface area contributed by atoms with Crippen molar-refractivity contribution in [3.8, 4) is 0 Å². The van der Waals surface area contributed by atoms with Crippen molar-refractivity contribution in [1.29, 1.82) is 0 Å². The summed E-state index contributed by atoms with van der Waals surface area (Å²) in [4.78, 5) is 2.54. The highest BCUT2D eigenvalue weighted by Crippen LogP contribution is 2.24. The predicted molar refractivity (Wildman–Crippen MR) is 51.2 cm³/mol. The van der Waals surface area contributed by atoms with E-state index in [0.717, 1.165) is 19.0 Å². The first-order chi connectivity index (χ1) is 5.88. The molecule has 72 valence electrons. The fourth-order valence-corrected chi connectivity index (χ4v) is 1.79. The van der Waals surface area contributed by atoms with Crippen molar-refractivity contribution in [2.24, 2.45) is 0 Å². The maximum absolute atomic E-state index is 8.73. The fraction of sp³-hybridized carbons (Fsp3) is 1.00. The molecule has 1 rings (SSSR count). The number of aliphatic hydroxyl groups excluding tert-OH is 1. The van der Waals surface area contributed by atoms with Crippen LogP contribution in [0.1, 0.15) is 39.0 Å². The Bertz CT molecular complexity index is 112. The zero-order valence-electron chi connectivity index (χ0n) is 8.13. The first-order valence-corrected chi connectivity index (χ1v) is 5.23. The minimum atomic E-state index is 0.340. The first kappa shape index (κ1) is 10.0. The third kappa shape index (κ3) is 2.76. The van der Waals surface area contributed by atoms with Crippen LogP contribution < -0.4 is 0 Å². The monoisotopic (exact) mass is 171 g/mol. The van der Waals surface area contributed by atoms with Crippen LogP contribution in [0.5, 0.6) is 0 Å². The highest BCUT2D eigenvalue weighted by Gasteiger charge is 2.23. The van der Waals surface area contributed by atoms with Crippen molar-refractivity contribution in [3.63, 3.8) is 0 Å². The molecule has 0 aromatic carbocycles. The summed E-state index contributed by atoms with van der Waals surface area (Å²) in [6.07, 6.45) is 6.35. The van der Waals surface area contributed by atoms with Crippen LogP contribution in [-0.2, 0) is 0 Å². The molecule has 1 aliphatic rings. The Hall–Kier alpha value is -0.0800. The van der Waals surface area contributed by atoms with Crippen molar-refractivity contribution in [2.45, 2.75) is 45.1 Å². The van der Waals surface area contributed by atoms with Crippen LogP contribution >= 0.6 is 0 Å². The van der Waals surface area contributed by atoms with Crippen LogP contribution in [0.25, 0.3) is 0 Å². The van der Waals surface area contributed by atoms with E-state index in [2.05, 4.69) is 11.8 Å². The van der Waals surface area contributed by atoms with E-state index < -0.39 is 0 Å². The molecule has 1 fully saturated rings. The standard InChI is InChI=1S/C10H21NO/c1-2-7-11(8-4-9-12)10-5-3-6-10/h10,12H,2-9H2,1H3. The molecule has 0 saturated heterocycles. The summed E-state index contributed by atoms with van der Waals surface area (Å²) in [5.41, 5.74) is 0. The van der Waals surface area contributed by atoms with Crippen LogP contribution in [-0.4, -0.2) is 35.7 Å². The molecule has 0 heterocycles. The van der Waals surface area contributed by atoms with Gasteiger partial charge in [-0.2, -0.15) is 0 Å². The minimum absolute atomic E-state index is 0.340. The Morgan fingerprint density at radius 2 is 2.08 bits per heavy atom. The molecule has 0 bridgehead atoms. The highest BCUT2D eigenvalue weighted by molar-refractivity contribution is 4.79. The van der Waals surface area contributed by atoms with Gasteiger partial charge in [0.1, 0.15) is 0 Å². The van der Waals surface area contributed by atoms with Crippen LogP contribution in [0.2, 0.25) is 0 Å². The molecule has 0 radical (unpaired) electrons. The Kier molecular flexibility index (Phi) is 4.62. The molecule has 0 aromatic heterocycles. The van der Waals surface area contributed by atoms with Crippen molar-refractivity contribution in [1.82, 2.24) is 4.90 Å². The molecular formula is C10H21NO. The van der Waals surface area contributed by atoms with Gasteiger partial charge in [-0.15, -0.1) is 0 Å². The smallest absolute Gasteiger partial charge is 0.0443 e. The molecule has 1 N–H and O–H groups in total. The molecule has 2 heteroatoms. The average Bonchev–Trinajstić information content (AvgIpc) is 1.97. The van der Waals surface area contributed by atoms with Gasteiger partial charge < -0.3 is 10.0 Å². The van der Waals surface area contributed by atoms with Crippen LogP contribution in [0.4, 0.5) is 0 Å². The number of hydrogen-bond acceptors (Lipinski definition) is 2. The lowest BCUT2D eigenvalue weighted by Gasteiger charge is -2.37. The third-order valence-corrected chi connectivity index (χ3v) is 2.71. The lowest BCUT2D eigenvalue weighted by Crippen LogP contribution is -2.41.